The average Bonchev–Trinajstić information content (AvgIpc) is 2.85. The second-order valence-corrected chi connectivity index (χ2v) is 8.99. The Morgan fingerprint density at radius 3 is 2.06 bits per heavy atom. The van der Waals surface area contributed by atoms with Gasteiger partial charge in [-0.3, -0.25) is 4.79 Å². The highest BCUT2D eigenvalue weighted by Crippen LogP contribution is 2.37. The summed E-state index contributed by atoms with van der Waals surface area (Å²) in [7, 11) is -0.535. The Labute approximate surface area is 181 Å². The second-order valence-electron chi connectivity index (χ2n) is 8.99. The lowest BCUT2D eigenvalue weighted by atomic mass is 9.73. The van der Waals surface area contributed by atoms with Crippen molar-refractivity contribution in [1.29, 1.82) is 0 Å². The first kappa shape index (κ1) is 23.4. The van der Waals surface area contributed by atoms with Crippen molar-refractivity contribution in [1.82, 2.24) is 5.32 Å². The van der Waals surface area contributed by atoms with Gasteiger partial charge in [0.25, 0.3) is 5.91 Å². The normalized spacial score (nSPS) is 17.6. The zero-order valence-electron chi connectivity index (χ0n) is 18.6. The molecule has 0 spiro atoms. The van der Waals surface area contributed by atoms with Crippen LogP contribution in [0.15, 0.2) is 36.4 Å². The minimum Gasteiger partial charge on any atom is -0.399 e. The summed E-state index contributed by atoms with van der Waals surface area (Å²) in [6.45, 7) is 11.7. The van der Waals surface area contributed by atoms with Gasteiger partial charge in [-0.2, -0.15) is 13.2 Å². The molecule has 0 unspecified atom stereocenters. The van der Waals surface area contributed by atoms with Gasteiger partial charge in [0.1, 0.15) is 0 Å². The summed E-state index contributed by atoms with van der Waals surface area (Å²) in [5, 5.41) is 2.69. The summed E-state index contributed by atoms with van der Waals surface area (Å²) < 4.78 is 50.9. The number of hydrogen-bond acceptors (Lipinski definition) is 3. The van der Waals surface area contributed by atoms with Crippen LogP contribution < -0.4 is 10.8 Å². The van der Waals surface area contributed by atoms with Gasteiger partial charge in [0.2, 0.25) is 0 Å². The van der Waals surface area contributed by atoms with E-state index >= 15 is 0 Å². The van der Waals surface area contributed by atoms with E-state index in [2.05, 4.69) is 5.32 Å². The number of alkyl halides is 3. The maximum Gasteiger partial charge on any atom is 0.495 e. The molecule has 2 aromatic rings. The number of rotatable bonds is 4. The molecule has 1 heterocycles. The molecule has 0 atom stereocenters. The molecule has 1 amide bonds. The number of hydrogen-bond donors (Lipinski definition) is 1. The largest absolute Gasteiger partial charge is 0.495 e. The Kier molecular flexibility index (Phi) is 6.02. The number of amides is 1. The number of nitrogens with one attached hydrogen (secondary N) is 1. The zero-order chi connectivity index (χ0) is 23.2. The fourth-order valence-corrected chi connectivity index (χ4v) is 3.58. The number of benzene rings is 2. The van der Waals surface area contributed by atoms with Crippen molar-refractivity contribution in [3.63, 3.8) is 0 Å². The predicted octanol–water partition coefficient (Wildman–Crippen LogP) is 4.55. The molecule has 2 aromatic carbocycles. The lowest BCUT2D eigenvalue weighted by Gasteiger charge is -2.32. The quantitative estimate of drug-likeness (QED) is 0.720. The molecule has 8 heteroatoms. The van der Waals surface area contributed by atoms with E-state index < -0.39 is 30.1 Å². The molecular formula is C23H27BF3NO3. The molecule has 1 fully saturated rings. The van der Waals surface area contributed by atoms with Crippen molar-refractivity contribution in [2.24, 2.45) is 0 Å². The van der Waals surface area contributed by atoms with Gasteiger partial charge in [0.05, 0.1) is 16.8 Å². The van der Waals surface area contributed by atoms with E-state index in [1.165, 1.54) is 6.07 Å². The van der Waals surface area contributed by atoms with E-state index in [0.29, 0.717) is 11.1 Å². The third-order valence-electron chi connectivity index (χ3n) is 6.05. The van der Waals surface area contributed by atoms with Gasteiger partial charge in [-0.05, 0) is 76.8 Å². The van der Waals surface area contributed by atoms with Gasteiger partial charge in [0.15, 0.2) is 0 Å². The first-order chi connectivity index (χ1) is 14.2. The van der Waals surface area contributed by atoms with Crippen molar-refractivity contribution >= 4 is 18.5 Å². The first-order valence-corrected chi connectivity index (χ1v) is 10.1. The average molecular weight is 433 g/mol. The molecule has 0 saturated carbocycles. The van der Waals surface area contributed by atoms with Crippen LogP contribution >= 0.6 is 0 Å². The first-order valence-electron chi connectivity index (χ1n) is 10.1. The summed E-state index contributed by atoms with van der Waals surface area (Å²) in [6.07, 6.45) is -4.42. The zero-order valence-corrected chi connectivity index (χ0v) is 18.6. The summed E-state index contributed by atoms with van der Waals surface area (Å²) >= 11 is 0. The number of aryl methyl sites for hydroxylation is 2. The fourth-order valence-electron chi connectivity index (χ4n) is 3.58. The Hall–Kier alpha value is -2.32. The molecule has 1 aliphatic heterocycles. The smallest absolute Gasteiger partial charge is 0.399 e. The van der Waals surface area contributed by atoms with Crippen molar-refractivity contribution in [3.05, 3.63) is 64.2 Å². The highest BCUT2D eigenvalue weighted by atomic mass is 19.4. The van der Waals surface area contributed by atoms with Crippen LogP contribution in [0, 0.1) is 13.8 Å². The van der Waals surface area contributed by atoms with Gasteiger partial charge in [0, 0.05) is 12.1 Å². The SMILES string of the molecule is Cc1cc(C(=O)NCc2cccc(C(F)(F)F)c2)cc(C)c1B1OC(C)(C)C(C)(C)O1. The Morgan fingerprint density at radius 1 is 1.00 bits per heavy atom. The van der Waals surface area contributed by atoms with Crippen LogP contribution in [-0.2, 0) is 22.0 Å². The number of halogens is 3. The molecule has 166 valence electrons. The molecule has 1 aliphatic rings. The van der Waals surface area contributed by atoms with Crippen molar-refractivity contribution < 1.29 is 27.3 Å². The van der Waals surface area contributed by atoms with Gasteiger partial charge in [-0.1, -0.05) is 23.3 Å². The summed E-state index contributed by atoms with van der Waals surface area (Å²) in [5.41, 5.74) is 1.71. The molecule has 1 saturated heterocycles. The summed E-state index contributed by atoms with van der Waals surface area (Å²) in [4.78, 5) is 12.6. The molecule has 4 nitrogen and oxygen atoms in total. The van der Waals surface area contributed by atoms with Crippen LogP contribution in [0.1, 0.15) is 60.3 Å². The van der Waals surface area contributed by atoms with Crippen LogP contribution in [0.4, 0.5) is 13.2 Å². The molecule has 0 radical (unpaired) electrons. The molecule has 3 rings (SSSR count). The van der Waals surface area contributed by atoms with E-state index in [9.17, 15) is 18.0 Å². The van der Waals surface area contributed by atoms with Crippen molar-refractivity contribution in [2.75, 3.05) is 0 Å². The van der Waals surface area contributed by atoms with Gasteiger partial charge in [-0.25, -0.2) is 0 Å². The van der Waals surface area contributed by atoms with Crippen molar-refractivity contribution in [3.8, 4) is 0 Å². The van der Waals surface area contributed by atoms with Crippen LogP contribution in [0.5, 0.6) is 0 Å². The molecule has 0 bridgehead atoms. The predicted molar refractivity (Wildman–Crippen MR) is 114 cm³/mol. The third-order valence-corrected chi connectivity index (χ3v) is 6.05. The van der Waals surface area contributed by atoms with Gasteiger partial charge < -0.3 is 14.6 Å². The lowest BCUT2D eigenvalue weighted by molar-refractivity contribution is -0.137. The molecule has 0 aliphatic carbocycles. The Morgan fingerprint density at radius 2 is 1.55 bits per heavy atom. The maximum absolute atomic E-state index is 12.9. The summed E-state index contributed by atoms with van der Waals surface area (Å²) in [6, 6.07) is 8.42. The van der Waals surface area contributed by atoms with E-state index in [-0.39, 0.29) is 12.5 Å². The summed E-state index contributed by atoms with van der Waals surface area (Å²) in [5.74, 6) is -0.357. The molecule has 0 aromatic heterocycles. The van der Waals surface area contributed by atoms with Crippen molar-refractivity contribution in [2.45, 2.75) is 65.5 Å². The fraction of sp³-hybridized carbons (Fsp3) is 0.435. The number of carbonyl (C=O) groups excluding carboxylic acids is 1. The standard InChI is InChI=1S/C23H27BF3NO3/c1-14-10-17(11-15(2)19(14)24-30-21(3,4)22(5,6)31-24)20(29)28-13-16-8-7-9-18(12-16)23(25,26)27/h7-12H,13H2,1-6H3,(H,28,29). The highest BCUT2D eigenvalue weighted by molar-refractivity contribution is 6.63. The van der Waals surface area contributed by atoms with E-state index in [1.54, 1.807) is 18.2 Å². The Balaban J connectivity index is 1.75. The maximum atomic E-state index is 12.9. The van der Waals surface area contributed by atoms with Crippen LogP contribution in [0.2, 0.25) is 0 Å². The minimum atomic E-state index is -4.42. The minimum absolute atomic E-state index is 0.000173. The van der Waals surface area contributed by atoms with E-state index in [0.717, 1.165) is 28.7 Å². The monoisotopic (exact) mass is 433 g/mol. The highest BCUT2D eigenvalue weighted by Gasteiger charge is 2.52. The molecule has 1 N–H and O–H groups in total. The molecular weight excluding hydrogens is 406 g/mol. The Bertz CT molecular complexity index is 963. The lowest BCUT2D eigenvalue weighted by Crippen LogP contribution is -2.41. The van der Waals surface area contributed by atoms with Crippen LogP contribution in [0.25, 0.3) is 0 Å². The van der Waals surface area contributed by atoms with Crippen LogP contribution in [-0.4, -0.2) is 24.2 Å². The van der Waals surface area contributed by atoms with Gasteiger partial charge in [-0.15, -0.1) is 0 Å². The topological polar surface area (TPSA) is 47.6 Å². The third kappa shape index (κ3) is 4.80. The second kappa shape index (κ2) is 7.99. The van der Waals surface area contributed by atoms with Gasteiger partial charge >= 0.3 is 13.3 Å². The molecule has 31 heavy (non-hydrogen) atoms. The van der Waals surface area contributed by atoms with E-state index in [1.807, 2.05) is 41.5 Å². The van der Waals surface area contributed by atoms with Crippen LogP contribution in [0.3, 0.4) is 0 Å². The number of carbonyl (C=O) groups is 1. The van der Waals surface area contributed by atoms with E-state index in [4.69, 9.17) is 9.31 Å².